The van der Waals surface area contributed by atoms with Gasteiger partial charge in [-0.25, -0.2) is 4.79 Å². The lowest BCUT2D eigenvalue weighted by molar-refractivity contribution is 0.0983. The summed E-state index contributed by atoms with van der Waals surface area (Å²) in [5.41, 5.74) is 5.98. The molecule has 0 aliphatic rings. The van der Waals surface area contributed by atoms with Crippen molar-refractivity contribution >= 4 is 17.4 Å². The first-order valence-electron chi connectivity index (χ1n) is 9.60. The number of hydrogen-bond acceptors (Lipinski definition) is 5. The minimum Gasteiger partial charge on any atom is -0.467 e. The number of aromatic nitrogens is 2. The van der Waals surface area contributed by atoms with Crippen LogP contribution in [0.3, 0.4) is 0 Å². The van der Waals surface area contributed by atoms with Crippen molar-refractivity contribution in [3.05, 3.63) is 117 Å². The summed E-state index contributed by atoms with van der Waals surface area (Å²) in [6, 6.07) is 21.1. The lowest BCUT2D eigenvalue weighted by atomic mass is 10.2. The van der Waals surface area contributed by atoms with Crippen LogP contribution in [0.1, 0.15) is 21.7 Å². The summed E-state index contributed by atoms with van der Waals surface area (Å²) in [5, 5.41) is 0. The standard InChI is InChI=1S/C23H20N4O4/c24-20-19(21(28)25-23(30)27(20)14-16-8-3-1-4-9-16)26(15-18-12-7-13-31-18)22(29)17-10-5-2-6-11-17/h1-13H,14-15,24H2,(H,25,28,30). The molecule has 156 valence electrons. The molecule has 31 heavy (non-hydrogen) atoms. The third-order valence-corrected chi connectivity index (χ3v) is 4.83. The van der Waals surface area contributed by atoms with E-state index in [4.69, 9.17) is 10.2 Å². The van der Waals surface area contributed by atoms with E-state index in [0.717, 1.165) is 5.56 Å². The summed E-state index contributed by atoms with van der Waals surface area (Å²) in [5.74, 6) is -0.0866. The minimum atomic E-state index is -0.748. The van der Waals surface area contributed by atoms with E-state index >= 15 is 0 Å². The Labute approximate surface area is 177 Å². The van der Waals surface area contributed by atoms with Crippen molar-refractivity contribution in [2.24, 2.45) is 0 Å². The molecule has 0 spiro atoms. The molecule has 0 bridgehead atoms. The monoisotopic (exact) mass is 416 g/mol. The third-order valence-electron chi connectivity index (χ3n) is 4.83. The molecule has 8 nitrogen and oxygen atoms in total. The van der Waals surface area contributed by atoms with Crippen molar-refractivity contribution in [3.63, 3.8) is 0 Å². The quantitative estimate of drug-likeness (QED) is 0.501. The van der Waals surface area contributed by atoms with Gasteiger partial charge in [0.25, 0.3) is 11.5 Å². The number of nitrogen functional groups attached to an aromatic ring is 1. The number of anilines is 2. The van der Waals surface area contributed by atoms with Gasteiger partial charge in [0, 0.05) is 5.56 Å². The summed E-state index contributed by atoms with van der Waals surface area (Å²) in [7, 11) is 0. The number of rotatable bonds is 6. The topological polar surface area (TPSA) is 114 Å². The summed E-state index contributed by atoms with van der Waals surface area (Å²) < 4.78 is 6.62. The number of nitrogens with zero attached hydrogens (tertiary/aromatic N) is 2. The first kappa shape index (κ1) is 20.0. The Morgan fingerprint density at radius 1 is 0.968 bits per heavy atom. The van der Waals surface area contributed by atoms with Crippen molar-refractivity contribution in [2.75, 3.05) is 10.6 Å². The summed E-state index contributed by atoms with van der Waals surface area (Å²) in [6.45, 7) is 0.112. The van der Waals surface area contributed by atoms with E-state index in [1.165, 1.54) is 15.7 Å². The van der Waals surface area contributed by atoms with E-state index in [0.29, 0.717) is 11.3 Å². The van der Waals surface area contributed by atoms with E-state index < -0.39 is 17.2 Å². The van der Waals surface area contributed by atoms with Gasteiger partial charge >= 0.3 is 5.69 Å². The predicted octanol–water partition coefficient (Wildman–Crippen LogP) is 2.61. The van der Waals surface area contributed by atoms with Crippen LogP contribution in [0.5, 0.6) is 0 Å². The Kier molecular flexibility index (Phi) is 5.53. The summed E-state index contributed by atoms with van der Waals surface area (Å²) >= 11 is 0. The molecule has 1 amide bonds. The molecule has 0 aliphatic carbocycles. The first-order valence-corrected chi connectivity index (χ1v) is 9.60. The van der Waals surface area contributed by atoms with Gasteiger partial charge in [0.05, 0.1) is 19.4 Å². The molecule has 8 heteroatoms. The molecule has 2 aromatic heterocycles. The molecule has 0 saturated heterocycles. The number of aromatic amines is 1. The molecule has 3 N–H and O–H groups in total. The number of nitrogens with one attached hydrogen (secondary N) is 1. The van der Waals surface area contributed by atoms with Gasteiger partial charge in [-0.1, -0.05) is 48.5 Å². The predicted molar refractivity (Wildman–Crippen MR) is 117 cm³/mol. The molecule has 4 aromatic rings. The van der Waals surface area contributed by atoms with Crippen LogP contribution < -0.4 is 21.9 Å². The number of amides is 1. The maximum Gasteiger partial charge on any atom is 0.330 e. The average molecular weight is 416 g/mol. The van der Waals surface area contributed by atoms with Crippen LogP contribution in [0.2, 0.25) is 0 Å². The zero-order valence-electron chi connectivity index (χ0n) is 16.5. The molecule has 2 aromatic carbocycles. The SMILES string of the molecule is Nc1c(N(Cc2ccco2)C(=O)c2ccccc2)c(=O)[nH]c(=O)n1Cc1ccccc1. The van der Waals surface area contributed by atoms with Crippen LogP contribution in [-0.2, 0) is 13.1 Å². The highest BCUT2D eigenvalue weighted by Crippen LogP contribution is 2.22. The van der Waals surface area contributed by atoms with E-state index in [2.05, 4.69) is 4.98 Å². The zero-order valence-corrected chi connectivity index (χ0v) is 16.5. The number of H-pyrrole nitrogens is 1. The zero-order chi connectivity index (χ0) is 21.8. The van der Waals surface area contributed by atoms with Gasteiger partial charge in [0.15, 0.2) is 5.69 Å². The largest absolute Gasteiger partial charge is 0.467 e. The second-order valence-corrected chi connectivity index (χ2v) is 6.90. The fourth-order valence-corrected chi connectivity index (χ4v) is 3.31. The van der Waals surface area contributed by atoms with E-state index in [9.17, 15) is 14.4 Å². The van der Waals surface area contributed by atoms with Gasteiger partial charge in [-0.05, 0) is 29.8 Å². The molecule has 0 aliphatic heterocycles. The van der Waals surface area contributed by atoms with Crippen molar-refractivity contribution < 1.29 is 9.21 Å². The second kappa shape index (κ2) is 8.58. The van der Waals surface area contributed by atoms with Gasteiger partial charge < -0.3 is 10.2 Å². The number of carbonyl (C=O) groups is 1. The van der Waals surface area contributed by atoms with E-state index in [1.54, 1.807) is 42.5 Å². The molecule has 0 atom stereocenters. The normalized spacial score (nSPS) is 10.7. The van der Waals surface area contributed by atoms with Gasteiger partial charge in [0.2, 0.25) is 0 Å². The Balaban J connectivity index is 1.84. The fraction of sp³-hybridized carbons (Fsp3) is 0.0870. The van der Waals surface area contributed by atoms with Crippen molar-refractivity contribution in [1.29, 1.82) is 0 Å². The Hall–Kier alpha value is -4.33. The van der Waals surface area contributed by atoms with E-state index in [1.807, 2.05) is 30.3 Å². The van der Waals surface area contributed by atoms with Crippen LogP contribution in [0.25, 0.3) is 0 Å². The van der Waals surface area contributed by atoms with Crippen LogP contribution in [0.4, 0.5) is 11.5 Å². The van der Waals surface area contributed by atoms with E-state index in [-0.39, 0.29) is 24.6 Å². The maximum absolute atomic E-state index is 13.3. The van der Waals surface area contributed by atoms with Gasteiger partial charge in [-0.2, -0.15) is 0 Å². The molecular formula is C23H20N4O4. The Bertz CT molecular complexity index is 1290. The third kappa shape index (κ3) is 4.18. The molecule has 0 saturated carbocycles. The molecule has 0 radical (unpaired) electrons. The van der Waals surface area contributed by atoms with Crippen molar-refractivity contribution in [3.8, 4) is 0 Å². The molecule has 4 rings (SSSR count). The molecular weight excluding hydrogens is 396 g/mol. The van der Waals surface area contributed by atoms with Crippen LogP contribution in [-0.4, -0.2) is 15.5 Å². The molecule has 0 fully saturated rings. The molecule has 0 unspecified atom stereocenters. The van der Waals surface area contributed by atoms with Crippen LogP contribution >= 0.6 is 0 Å². The highest BCUT2D eigenvalue weighted by atomic mass is 16.3. The number of furan rings is 1. The van der Waals surface area contributed by atoms with Gasteiger partial charge in [-0.15, -0.1) is 0 Å². The number of nitrogens with two attached hydrogens (primary N) is 1. The highest BCUT2D eigenvalue weighted by Gasteiger charge is 2.26. The number of hydrogen-bond donors (Lipinski definition) is 2. The Morgan fingerprint density at radius 2 is 1.65 bits per heavy atom. The number of benzene rings is 2. The first-order chi connectivity index (χ1) is 15.0. The van der Waals surface area contributed by atoms with Crippen LogP contribution in [0.15, 0.2) is 93.1 Å². The summed E-state index contributed by atoms with van der Waals surface area (Å²) in [4.78, 5) is 42.1. The van der Waals surface area contributed by atoms with Crippen molar-refractivity contribution in [2.45, 2.75) is 13.1 Å². The van der Waals surface area contributed by atoms with Gasteiger partial charge in [-0.3, -0.25) is 24.0 Å². The Morgan fingerprint density at radius 3 is 2.29 bits per heavy atom. The lowest BCUT2D eigenvalue weighted by Crippen LogP contribution is -2.41. The second-order valence-electron chi connectivity index (χ2n) is 6.90. The lowest BCUT2D eigenvalue weighted by Gasteiger charge is -2.24. The number of carbonyl (C=O) groups excluding carboxylic acids is 1. The minimum absolute atomic E-state index is 0.0302. The fourth-order valence-electron chi connectivity index (χ4n) is 3.31. The molecule has 2 heterocycles. The van der Waals surface area contributed by atoms with Crippen LogP contribution in [0, 0.1) is 0 Å². The van der Waals surface area contributed by atoms with Gasteiger partial charge in [0.1, 0.15) is 11.6 Å². The highest BCUT2D eigenvalue weighted by molar-refractivity contribution is 6.07. The van der Waals surface area contributed by atoms with Crippen molar-refractivity contribution in [1.82, 2.24) is 9.55 Å². The smallest absolute Gasteiger partial charge is 0.330 e. The average Bonchev–Trinajstić information content (AvgIpc) is 3.30. The maximum atomic E-state index is 13.3. The summed E-state index contributed by atoms with van der Waals surface area (Å²) in [6.07, 6.45) is 1.48.